The molecule has 0 saturated carbocycles. The summed E-state index contributed by atoms with van der Waals surface area (Å²) in [5.74, 6) is -1.09. The molecule has 0 bridgehead atoms. The SMILES string of the molecule is COC(=O)C(C)(C)[C@@H](N)c1cccc(Cl)c1F. The molecule has 0 aromatic heterocycles. The summed E-state index contributed by atoms with van der Waals surface area (Å²) in [5, 5.41) is -0.0152. The van der Waals surface area contributed by atoms with Gasteiger partial charge in [-0.05, 0) is 19.9 Å². The van der Waals surface area contributed by atoms with Gasteiger partial charge in [0.2, 0.25) is 0 Å². The largest absolute Gasteiger partial charge is 0.469 e. The van der Waals surface area contributed by atoms with E-state index in [1.807, 2.05) is 0 Å². The van der Waals surface area contributed by atoms with Crippen molar-refractivity contribution < 1.29 is 13.9 Å². The molecule has 0 fully saturated rings. The summed E-state index contributed by atoms with van der Waals surface area (Å²) in [6.07, 6.45) is 0. The molecule has 1 aromatic rings. The van der Waals surface area contributed by atoms with Crippen molar-refractivity contribution in [2.24, 2.45) is 11.1 Å². The Kier molecular flexibility index (Phi) is 4.11. The number of hydrogen-bond acceptors (Lipinski definition) is 3. The fourth-order valence-corrected chi connectivity index (χ4v) is 1.72. The van der Waals surface area contributed by atoms with E-state index >= 15 is 0 Å². The van der Waals surface area contributed by atoms with Crippen molar-refractivity contribution in [3.05, 3.63) is 34.6 Å². The summed E-state index contributed by atoms with van der Waals surface area (Å²) in [6, 6.07) is 3.71. The molecule has 94 valence electrons. The van der Waals surface area contributed by atoms with Crippen molar-refractivity contribution in [2.75, 3.05) is 7.11 Å². The maximum atomic E-state index is 13.8. The quantitative estimate of drug-likeness (QED) is 0.849. The number of benzene rings is 1. The molecule has 0 radical (unpaired) electrons. The third-order valence-corrected chi connectivity index (χ3v) is 3.10. The van der Waals surface area contributed by atoms with E-state index in [2.05, 4.69) is 4.74 Å². The minimum atomic E-state index is -1.03. The highest BCUT2D eigenvalue weighted by atomic mass is 35.5. The number of rotatable bonds is 3. The summed E-state index contributed by atoms with van der Waals surface area (Å²) in [5.41, 5.74) is 5.09. The van der Waals surface area contributed by atoms with Crippen LogP contribution in [0.15, 0.2) is 18.2 Å². The molecule has 17 heavy (non-hydrogen) atoms. The fourth-order valence-electron chi connectivity index (χ4n) is 1.54. The lowest BCUT2D eigenvalue weighted by atomic mass is 9.81. The Morgan fingerprint density at radius 2 is 2.12 bits per heavy atom. The molecule has 1 aromatic carbocycles. The Labute approximate surface area is 105 Å². The molecule has 0 aliphatic heterocycles. The second-order valence-corrected chi connectivity index (χ2v) is 4.74. The van der Waals surface area contributed by atoms with Gasteiger partial charge < -0.3 is 10.5 Å². The van der Waals surface area contributed by atoms with Gasteiger partial charge in [-0.3, -0.25) is 4.79 Å². The Morgan fingerprint density at radius 3 is 2.65 bits per heavy atom. The van der Waals surface area contributed by atoms with Crippen molar-refractivity contribution in [3.63, 3.8) is 0 Å². The van der Waals surface area contributed by atoms with Crippen LogP contribution in [0.3, 0.4) is 0 Å². The Balaban J connectivity index is 3.16. The minimum Gasteiger partial charge on any atom is -0.469 e. The van der Waals surface area contributed by atoms with E-state index in [1.54, 1.807) is 19.9 Å². The normalized spacial score (nSPS) is 13.3. The van der Waals surface area contributed by atoms with E-state index in [0.29, 0.717) is 0 Å². The predicted octanol–water partition coefficient (Wildman–Crippen LogP) is 2.68. The van der Waals surface area contributed by atoms with E-state index in [9.17, 15) is 9.18 Å². The van der Waals surface area contributed by atoms with Gasteiger partial charge in [-0.25, -0.2) is 4.39 Å². The molecule has 2 N–H and O–H groups in total. The van der Waals surface area contributed by atoms with Gasteiger partial charge in [-0.1, -0.05) is 23.7 Å². The van der Waals surface area contributed by atoms with Crippen LogP contribution in [0.5, 0.6) is 0 Å². The maximum Gasteiger partial charge on any atom is 0.313 e. The predicted molar refractivity (Wildman–Crippen MR) is 64.1 cm³/mol. The van der Waals surface area contributed by atoms with E-state index in [0.717, 1.165) is 0 Å². The van der Waals surface area contributed by atoms with Gasteiger partial charge in [-0.15, -0.1) is 0 Å². The highest BCUT2D eigenvalue weighted by Gasteiger charge is 2.38. The second-order valence-electron chi connectivity index (χ2n) is 4.33. The highest BCUT2D eigenvalue weighted by Crippen LogP contribution is 2.35. The molecule has 1 atom stereocenters. The Bertz CT molecular complexity index is 435. The van der Waals surface area contributed by atoms with Crippen LogP contribution in [0.25, 0.3) is 0 Å². The molecule has 0 amide bonds. The zero-order valence-corrected chi connectivity index (χ0v) is 10.7. The number of carbonyl (C=O) groups excluding carboxylic acids is 1. The summed E-state index contributed by atoms with van der Waals surface area (Å²) in [6.45, 7) is 3.20. The maximum absolute atomic E-state index is 13.8. The van der Waals surface area contributed by atoms with Gasteiger partial charge in [0.05, 0.1) is 17.5 Å². The minimum absolute atomic E-state index is 0.0152. The van der Waals surface area contributed by atoms with Crippen LogP contribution in [0.1, 0.15) is 25.5 Å². The molecule has 0 aliphatic carbocycles. The first-order valence-electron chi connectivity index (χ1n) is 5.10. The van der Waals surface area contributed by atoms with E-state index in [-0.39, 0.29) is 10.6 Å². The molecule has 0 aliphatic rings. The number of ether oxygens (including phenoxy) is 1. The zero-order valence-electron chi connectivity index (χ0n) is 9.96. The van der Waals surface area contributed by atoms with Crippen molar-refractivity contribution in [2.45, 2.75) is 19.9 Å². The highest BCUT2D eigenvalue weighted by molar-refractivity contribution is 6.30. The first-order valence-corrected chi connectivity index (χ1v) is 5.48. The zero-order chi connectivity index (χ0) is 13.2. The molecule has 0 unspecified atom stereocenters. The first kappa shape index (κ1) is 13.9. The van der Waals surface area contributed by atoms with Crippen molar-refractivity contribution in [1.29, 1.82) is 0 Å². The summed E-state index contributed by atoms with van der Waals surface area (Å²) in [7, 11) is 1.27. The average molecular weight is 260 g/mol. The van der Waals surface area contributed by atoms with E-state index < -0.39 is 23.2 Å². The summed E-state index contributed by atoms with van der Waals surface area (Å²) in [4.78, 5) is 11.6. The number of esters is 1. The smallest absolute Gasteiger partial charge is 0.313 e. The molecular formula is C12H15ClFNO2. The van der Waals surface area contributed by atoms with E-state index in [1.165, 1.54) is 19.2 Å². The third kappa shape index (κ3) is 2.58. The summed E-state index contributed by atoms with van der Waals surface area (Å²) >= 11 is 5.67. The van der Waals surface area contributed by atoms with E-state index in [4.69, 9.17) is 17.3 Å². The average Bonchev–Trinajstić information content (AvgIpc) is 2.30. The molecule has 3 nitrogen and oxygen atoms in total. The van der Waals surface area contributed by atoms with Crippen LogP contribution in [0.2, 0.25) is 5.02 Å². The molecule has 5 heteroatoms. The molecule has 0 saturated heterocycles. The standard InChI is InChI=1S/C12H15ClFNO2/c1-12(2,11(16)17-3)10(15)7-5-4-6-8(13)9(7)14/h4-6,10H,15H2,1-3H3/t10-/m0/s1. The van der Waals surface area contributed by atoms with Gasteiger partial charge in [0.25, 0.3) is 0 Å². The van der Waals surface area contributed by atoms with Gasteiger partial charge >= 0.3 is 5.97 Å². The number of halogens is 2. The lowest BCUT2D eigenvalue weighted by Crippen LogP contribution is -2.37. The van der Waals surface area contributed by atoms with Crippen LogP contribution in [0.4, 0.5) is 4.39 Å². The lowest BCUT2D eigenvalue weighted by molar-refractivity contribution is -0.152. The monoisotopic (exact) mass is 259 g/mol. The van der Waals surface area contributed by atoms with Gasteiger partial charge in [0.15, 0.2) is 0 Å². The summed E-state index contributed by atoms with van der Waals surface area (Å²) < 4.78 is 18.4. The molecular weight excluding hydrogens is 245 g/mol. The molecule has 0 spiro atoms. The lowest BCUT2D eigenvalue weighted by Gasteiger charge is -2.29. The Hall–Kier alpha value is -1.13. The van der Waals surface area contributed by atoms with Gasteiger partial charge in [0.1, 0.15) is 5.82 Å². The van der Waals surface area contributed by atoms with Crippen molar-refractivity contribution in [1.82, 2.24) is 0 Å². The fraction of sp³-hybridized carbons (Fsp3) is 0.417. The number of carbonyl (C=O) groups is 1. The number of nitrogens with two attached hydrogens (primary N) is 1. The topological polar surface area (TPSA) is 52.3 Å². The molecule has 1 rings (SSSR count). The van der Waals surface area contributed by atoms with Crippen LogP contribution >= 0.6 is 11.6 Å². The molecule has 0 heterocycles. The third-order valence-electron chi connectivity index (χ3n) is 2.81. The Morgan fingerprint density at radius 1 is 1.53 bits per heavy atom. The van der Waals surface area contributed by atoms with Crippen molar-refractivity contribution >= 4 is 17.6 Å². The van der Waals surface area contributed by atoms with Crippen LogP contribution < -0.4 is 5.73 Å². The number of methoxy groups -OCH3 is 1. The first-order chi connectivity index (χ1) is 7.82. The number of hydrogen-bond donors (Lipinski definition) is 1. The van der Waals surface area contributed by atoms with Crippen LogP contribution in [-0.2, 0) is 9.53 Å². The second kappa shape index (κ2) is 5.02. The van der Waals surface area contributed by atoms with Crippen LogP contribution in [-0.4, -0.2) is 13.1 Å². The van der Waals surface area contributed by atoms with Crippen LogP contribution in [0, 0.1) is 11.2 Å². The van der Waals surface area contributed by atoms with Gasteiger partial charge in [-0.2, -0.15) is 0 Å². The van der Waals surface area contributed by atoms with Gasteiger partial charge in [0, 0.05) is 11.6 Å². The van der Waals surface area contributed by atoms with Crippen molar-refractivity contribution in [3.8, 4) is 0 Å².